The van der Waals surface area contributed by atoms with Crippen LogP contribution in [0, 0.1) is 13.8 Å². The van der Waals surface area contributed by atoms with Crippen LogP contribution in [0.5, 0.6) is 0 Å². The number of halogens is 1. The van der Waals surface area contributed by atoms with Gasteiger partial charge in [-0.15, -0.1) is 0 Å². The summed E-state index contributed by atoms with van der Waals surface area (Å²) in [5.74, 6) is 0. The lowest BCUT2D eigenvalue weighted by molar-refractivity contribution is 0.0365. The Balaban J connectivity index is 1.56. The number of para-hydroxylation sites is 1. The van der Waals surface area contributed by atoms with Crippen LogP contribution in [0.4, 0.5) is 10.5 Å². The van der Waals surface area contributed by atoms with Gasteiger partial charge in [0.25, 0.3) is 5.56 Å². The van der Waals surface area contributed by atoms with Crippen molar-refractivity contribution in [3.05, 3.63) is 74.5 Å². The van der Waals surface area contributed by atoms with E-state index in [1.165, 1.54) is 0 Å². The zero-order valence-corrected chi connectivity index (χ0v) is 20.5. The normalized spacial score (nSPS) is 14.3. The van der Waals surface area contributed by atoms with Gasteiger partial charge < -0.3 is 19.9 Å². The molecular formula is C26H31ClN4O3. The van der Waals surface area contributed by atoms with Crippen LogP contribution in [0.15, 0.2) is 47.3 Å². The quantitative estimate of drug-likeness (QED) is 0.517. The molecule has 0 bridgehead atoms. The third-order valence-electron chi connectivity index (χ3n) is 6.29. The second kappa shape index (κ2) is 11.0. The van der Waals surface area contributed by atoms with Crippen LogP contribution in [0.3, 0.4) is 0 Å². The molecule has 0 aliphatic carbocycles. The maximum absolute atomic E-state index is 13.3. The minimum absolute atomic E-state index is 0.176. The summed E-state index contributed by atoms with van der Waals surface area (Å²) in [7, 11) is 0. The monoisotopic (exact) mass is 482 g/mol. The molecular weight excluding hydrogens is 452 g/mol. The fraction of sp³-hybridized carbons (Fsp3) is 0.385. The Morgan fingerprint density at radius 3 is 2.65 bits per heavy atom. The van der Waals surface area contributed by atoms with Gasteiger partial charge in [0, 0.05) is 37.1 Å². The minimum atomic E-state index is -0.282. The molecule has 0 saturated carbocycles. The molecule has 0 atom stereocenters. The van der Waals surface area contributed by atoms with Crippen molar-refractivity contribution in [2.45, 2.75) is 26.8 Å². The van der Waals surface area contributed by atoms with Crippen LogP contribution in [-0.4, -0.2) is 60.2 Å². The van der Waals surface area contributed by atoms with Gasteiger partial charge in [0.05, 0.1) is 36.0 Å². The van der Waals surface area contributed by atoms with E-state index in [0.717, 1.165) is 61.3 Å². The predicted octanol–water partition coefficient (Wildman–Crippen LogP) is 4.55. The molecule has 180 valence electrons. The number of morpholine rings is 1. The van der Waals surface area contributed by atoms with E-state index in [1.54, 1.807) is 17.0 Å². The van der Waals surface area contributed by atoms with Gasteiger partial charge in [-0.3, -0.25) is 9.69 Å². The van der Waals surface area contributed by atoms with E-state index in [0.29, 0.717) is 22.8 Å². The Bertz CT molecular complexity index is 1220. The average molecular weight is 483 g/mol. The zero-order chi connectivity index (χ0) is 24.1. The van der Waals surface area contributed by atoms with Crippen LogP contribution in [0.2, 0.25) is 5.02 Å². The van der Waals surface area contributed by atoms with Gasteiger partial charge >= 0.3 is 6.03 Å². The third-order valence-corrected chi connectivity index (χ3v) is 6.62. The fourth-order valence-electron chi connectivity index (χ4n) is 4.26. The van der Waals surface area contributed by atoms with Gasteiger partial charge in [0.15, 0.2) is 0 Å². The summed E-state index contributed by atoms with van der Waals surface area (Å²) in [6.07, 6.45) is 0.791. The van der Waals surface area contributed by atoms with Gasteiger partial charge in [-0.25, -0.2) is 4.79 Å². The first-order valence-corrected chi connectivity index (χ1v) is 12.0. The predicted molar refractivity (Wildman–Crippen MR) is 137 cm³/mol. The van der Waals surface area contributed by atoms with E-state index >= 15 is 0 Å². The number of aromatic amines is 1. The fourth-order valence-corrected chi connectivity index (χ4v) is 4.44. The van der Waals surface area contributed by atoms with Crippen molar-refractivity contribution in [1.29, 1.82) is 0 Å². The summed E-state index contributed by atoms with van der Waals surface area (Å²) in [5, 5.41) is 4.37. The first-order valence-electron chi connectivity index (χ1n) is 11.6. The first kappa shape index (κ1) is 24.3. The Morgan fingerprint density at radius 1 is 1.15 bits per heavy atom. The highest BCUT2D eigenvalue weighted by Crippen LogP contribution is 2.22. The van der Waals surface area contributed by atoms with E-state index in [-0.39, 0.29) is 18.1 Å². The van der Waals surface area contributed by atoms with Gasteiger partial charge in [-0.05, 0) is 49.6 Å². The molecule has 1 aromatic heterocycles. The van der Waals surface area contributed by atoms with Gasteiger partial charge in [0.2, 0.25) is 0 Å². The number of nitrogens with one attached hydrogen (secondary N) is 2. The SMILES string of the molecule is Cc1ccc(C)c2[nH]c(=O)c(CN(CCCN3CCOCC3)C(=O)Nc3ccccc3Cl)cc12. The number of pyridine rings is 1. The highest BCUT2D eigenvalue weighted by molar-refractivity contribution is 6.33. The number of H-pyrrole nitrogens is 1. The molecule has 4 rings (SSSR count). The Kier molecular flexibility index (Phi) is 7.88. The number of rotatable bonds is 7. The third kappa shape index (κ3) is 5.78. The Morgan fingerprint density at radius 2 is 1.88 bits per heavy atom. The molecule has 2 heterocycles. The lowest BCUT2D eigenvalue weighted by Crippen LogP contribution is -2.40. The largest absolute Gasteiger partial charge is 0.379 e. The highest BCUT2D eigenvalue weighted by atomic mass is 35.5. The smallest absolute Gasteiger partial charge is 0.322 e. The number of aromatic nitrogens is 1. The molecule has 3 aromatic rings. The summed E-state index contributed by atoms with van der Waals surface area (Å²) in [6, 6.07) is 12.8. The van der Waals surface area contributed by atoms with Crippen LogP contribution in [0.1, 0.15) is 23.1 Å². The summed E-state index contributed by atoms with van der Waals surface area (Å²) >= 11 is 6.26. The number of carbonyl (C=O) groups excluding carboxylic acids is 1. The van der Waals surface area contributed by atoms with Crippen molar-refractivity contribution in [2.75, 3.05) is 44.7 Å². The van der Waals surface area contributed by atoms with E-state index in [4.69, 9.17) is 16.3 Å². The molecule has 1 saturated heterocycles. The van der Waals surface area contributed by atoms with Crippen molar-refractivity contribution < 1.29 is 9.53 Å². The molecule has 2 aromatic carbocycles. The standard InChI is InChI=1S/C26H31ClN4O3/c1-18-8-9-19(2)24-21(18)16-20(25(32)29-24)17-31(11-5-10-30-12-14-34-15-13-30)26(33)28-23-7-4-3-6-22(23)27/h3-4,6-9,16H,5,10-15,17H2,1-2H3,(H,28,33)(H,29,32). The molecule has 2 amide bonds. The zero-order valence-electron chi connectivity index (χ0n) is 19.7. The number of amides is 2. The average Bonchev–Trinajstić information content (AvgIpc) is 2.83. The number of nitrogens with zero attached hydrogens (tertiary/aromatic N) is 2. The number of ether oxygens (including phenoxy) is 1. The Hall–Kier alpha value is -2.87. The van der Waals surface area contributed by atoms with E-state index in [1.807, 2.05) is 44.2 Å². The lowest BCUT2D eigenvalue weighted by Gasteiger charge is -2.28. The molecule has 1 fully saturated rings. The molecule has 7 nitrogen and oxygen atoms in total. The number of fused-ring (bicyclic) bond motifs is 1. The molecule has 8 heteroatoms. The summed E-state index contributed by atoms with van der Waals surface area (Å²) < 4.78 is 5.42. The van der Waals surface area contributed by atoms with E-state index in [2.05, 4.69) is 15.2 Å². The maximum atomic E-state index is 13.3. The highest BCUT2D eigenvalue weighted by Gasteiger charge is 2.19. The van der Waals surface area contributed by atoms with Crippen molar-refractivity contribution in [3.8, 4) is 0 Å². The number of hydrogen-bond acceptors (Lipinski definition) is 4. The van der Waals surface area contributed by atoms with Crippen molar-refractivity contribution in [3.63, 3.8) is 0 Å². The molecule has 0 radical (unpaired) electrons. The van der Waals surface area contributed by atoms with Crippen LogP contribution < -0.4 is 10.9 Å². The van der Waals surface area contributed by atoms with Gasteiger partial charge in [0.1, 0.15) is 0 Å². The molecule has 0 unspecified atom stereocenters. The topological polar surface area (TPSA) is 77.7 Å². The Labute approximate surface area is 204 Å². The molecule has 1 aliphatic heterocycles. The van der Waals surface area contributed by atoms with Crippen LogP contribution in [0.25, 0.3) is 10.9 Å². The number of benzene rings is 2. The second-order valence-electron chi connectivity index (χ2n) is 8.75. The number of urea groups is 1. The lowest BCUT2D eigenvalue weighted by atomic mass is 10.0. The van der Waals surface area contributed by atoms with E-state index in [9.17, 15) is 9.59 Å². The summed E-state index contributed by atoms with van der Waals surface area (Å²) in [4.78, 5) is 33.2. The summed E-state index contributed by atoms with van der Waals surface area (Å²) in [6.45, 7) is 8.86. The second-order valence-corrected chi connectivity index (χ2v) is 9.16. The van der Waals surface area contributed by atoms with Crippen molar-refractivity contribution in [1.82, 2.24) is 14.8 Å². The van der Waals surface area contributed by atoms with Crippen LogP contribution in [-0.2, 0) is 11.3 Å². The number of carbonyl (C=O) groups is 1. The van der Waals surface area contributed by atoms with Crippen molar-refractivity contribution in [2.24, 2.45) is 0 Å². The maximum Gasteiger partial charge on any atom is 0.322 e. The number of anilines is 1. The summed E-state index contributed by atoms with van der Waals surface area (Å²) in [5.41, 5.74) is 3.87. The number of aryl methyl sites for hydroxylation is 2. The van der Waals surface area contributed by atoms with Gasteiger partial charge in [-0.1, -0.05) is 35.9 Å². The number of hydrogen-bond donors (Lipinski definition) is 2. The van der Waals surface area contributed by atoms with Gasteiger partial charge in [-0.2, -0.15) is 0 Å². The van der Waals surface area contributed by atoms with Crippen LogP contribution >= 0.6 is 11.6 Å². The minimum Gasteiger partial charge on any atom is -0.379 e. The molecule has 2 N–H and O–H groups in total. The first-order chi connectivity index (χ1) is 16.4. The molecule has 34 heavy (non-hydrogen) atoms. The molecule has 1 aliphatic rings. The van der Waals surface area contributed by atoms with E-state index < -0.39 is 0 Å². The molecule has 0 spiro atoms. The van der Waals surface area contributed by atoms with Crippen molar-refractivity contribution >= 4 is 34.2 Å².